The minimum absolute atomic E-state index is 0.190. The maximum absolute atomic E-state index is 13.8. The summed E-state index contributed by atoms with van der Waals surface area (Å²) in [5.74, 6) is -0.461. The second kappa shape index (κ2) is 4.58. The van der Waals surface area contributed by atoms with Gasteiger partial charge in [0, 0.05) is 17.1 Å². The van der Waals surface area contributed by atoms with E-state index >= 15 is 0 Å². The van der Waals surface area contributed by atoms with Crippen LogP contribution < -0.4 is 0 Å². The van der Waals surface area contributed by atoms with Gasteiger partial charge in [0.05, 0.1) is 5.56 Å². The van der Waals surface area contributed by atoms with E-state index < -0.39 is 5.82 Å². The minimum atomic E-state index is -0.461. The highest BCUT2D eigenvalue weighted by molar-refractivity contribution is 9.10. The Morgan fingerprint density at radius 2 is 2.24 bits per heavy atom. The molecule has 0 bridgehead atoms. The molecule has 0 unspecified atom stereocenters. The van der Waals surface area contributed by atoms with Crippen LogP contribution in [-0.4, -0.2) is 16.1 Å². The van der Waals surface area contributed by atoms with Gasteiger partial charge in [-0.15, -0.1) is 0 Å². The van der Waals surface area contributed by atoms with Crippen LogP contribution in [-0.2, 0) is 7.05 Å². The number of aromatic nitrogens is 2. The molecule has 0 spiro atoms. The summed E-state index contributed by atoms with van der Waals surface area (Å²) < 4.78 is 15.7. The van der Waals surface area contributed by atoms with Crippen molar-refractivity contribution < 1.29 is 9.18 Å². The summed E-state index contributed by atoms with van der Waals surface area (Å²) in [6, 6.07) is 4.53. The molecule has 0 N–H and O–H groups in total. The summed E-state index contributed by atoms with van der Waals surface area (Å²) in [6.07, 6.45) is 0.576. The van der Waals surface area contributed by atoms with Gasteiger partial charge in [-0.05, 0) is 18.2 Å². The van der Waals surface area contributed by atoms with Crippen LogP contribution in [0.3, 0.4) is 0 Å². The second-order valence-electron chi connectivity index (χ2n) is 3.42. The zero-order chi connectivity index (χ0) is 12.6. The number of hydrogen-bond donors (Lipinski definition) is 0. The normalized spacial score (nSPS) is 10.6. The maximum Gasteiger partial charge on any atom is 0.155 e. The second-order valence-corrected chi connectivity index (χ2v) is 4.69. The number of halogens is 3. The molecular weight excluding hydrogens is 310 g/mol. The van der Waals surface area contributed by atoms with Crippen LogP contribution in [0.4, 0.5) is 4.39 Å². The fourth-order valence-electron chi connectivity index (χ4n) is 1.50. The molecular formula is C11H7BrClFN2O. The van der Waals surface area contributed by atoms with Crippen molar-refractivity contribution in [3.8, 4) is 11.3 Å². The molecule has 1 aromatic heterocycles. The van der Waals surface area contributed by atoms with E-state index in [-0.39, 0.29) is 22.0 Å². The molecule has 0 saturated carbocycles. The average Bonchev–Trinajstić information content (AvgIpc) is 2.55. The number of nitrogens with zero attached hydrogens (tertiary/aromatic N) is 2. The standard InChI is InChI=1S/C11H7BrClFN2O/c1-16-11(13)8(5-17)10(15-16)7-3-2-6(12)4-9(7)14/h2-5H,1H3. The summed E-state index contributed by atoms with van der Waals surface area (Å²) in [6.45, 7) is 0. The molecule has 0 aliphatic rings. The van der Waals surface area contributed by atoms with Crippen LogP contribution in [0.2, 0.25) is 5.15 Å². The van der Waals surface area contributed by atoms with Crippen molar-refractivity contribution in [3.63, 3.8) is 0 Å². The lowest BCUT2D eigenvalue weighted by atomic mass is 10.1. The lowest BCUT2D eigenvalue weighted by molar-refractivity contribution is 0.112. The summed E-state index contributed by atoms with van der Waals surface area (Å²) in [5.41, 5.74) is 0.686. The molecule has 0 atom stereocenters. The van der Waals surface area contributed by atoms with Gasteiger partial charge in [0.25, 0.3) is 0 Å². The number of hydrogen-bond acceptors (Lipinski definition) is 2. The maximum atomic E-state index is 13.8. The number of carbonyl (C=O) groups is 1. The Morgan fingerprint density at radius 3 is 2.82 bits per heavy atom. The van der Waals surface area contributed by atoms with Gasteiger partial charge in [-0.1, -0.05) is 27.5 Å². The van der Waals surface area contributed by atoms with Gasteiger partial charge in [-0.2, -0.15) is 5.10 Å². The van der Waals surface area contributed by atoms with Crippen molar-refractivity contribution >= 4 is 33.8 Å². The molecule has 0 radical (unpaired) electrons. The van der Waals surface area contributed by atoms with Gasteiger partial charge in [-0.25, -0.2) is 4.39 Å². The van der Waals surface area contributed by atoms with Gasteiger partial charge in [0.15, 0.2) is 6.29 Å². The summed E-state index contributed by atoms with van der Waals surface area (Å²) in [7, 11) is 1.59. The molecule has 1 aromatic carbocycles. The van der Waals surface area contributed by atoms with Gasteiger partial charge in [0.1, 0.15) is 16.7 Å². The van der Waals surface area contributed by atoms with Gasteiger partial charge in [-0.3, -0.25) is 9.48 Å². The summed E-state index contributed by atoms with van der Waals surface area (Å²) >= 11 is 9.05. The van der Waals surface area contributed by atoms with E-state index in [9.17, 15) is 9.18 Å². The molecule has 3 nitrogen and oxygen atoms in total. The Bertz CT molecular complexity index is 597. The van der Waals surface area contributed by atoms with Crippen LogP contribution in [0.15, 0.2) is 22.7 Å². The Kier molecular flexibility index (Phi) is 3.31. The van der Waals surface area contributed by atoms with Gasteiger partial charge >= 0.3 is 0 Å². The van der Waals surface area contributed by atoms with Crippen molar-refractivity contribution in [1.82, 2.24) is 9.78 Å². The van der Waals surface area contributed by atoms with Crippen molar-refractivity contribution in [2.45, 2.75) is 0 Å². The first-order valence-corrected chi connectivity index (χ1v) is 5.84. The smallest absolute Gasteiger partial charge is 0.155 e. The zero-order valence-electron chi connectivity index (χ0n) is 8.75. The van der Waals surface area contributed by atoms with E-state index in [4.69, 9.17) is 11.6 Å². The fraction of sp³-hybridized carbons (Fsp3) is 0.0909. The predicted octanol–water partition coefficient (Wildman–Crippen LogP) is 3.45. The number of carbonyl (C=O) groups excluding carboxylic acids is 1. The van der Waals surface area contributed by atoms with Crippen LogP contribution in [0.1, 0.15) is 10.4 Å². The molecule has 1 heterocycles. The third-order valence-corrected chi connectivity index (χ3v) is 3.26. The first-order valence-electron chi connectivity index (χ1n) is 4.67. The van der Waals surface area contributed by atoms with E-state index in [1.807, 2.05) is 0 Å². The minimum Gasteiger partial charge on any atom is -0.298 e. The van der Waals surface area contributed by atoms with Crippen molar-refractivity contribution in [2.24, 2.45) is 7.05 Å². The lowest BCUT2D eigenvalue weighted by Crippen LogP contribution is -1.91. The molecule has 88 valence electrons. The Labute approximate surface area is 110 Å². The first kappa shape index (κ1) is 12.3. The zero-order valence-corrected chi connectivity index (χ0v) is 11.1. The molecule has 6 heteroatoms. The predicted molar refractivity (Wildman–Crippen MR) is 66.7 cm³/mol. The number of aryl methyl sites for hydroxylation is 1. The molecule has 0 aliphatic heterocycles. The fourth-order valence-corrected chi connectivity index (χ4v) is 2.01. The number of aldehydes is 1. The van der Waals surface area contributed by atoms with E-state index in [2.05, 4.69) is 21.0 Å². The third kappa shape index (κ3) is 2.12. The van der Waals surface area contributed by atoms with Crippen molar-refractivity contribution in [2.75, 3.05) is 0 Å². The van der Waals surface area contributed by atoms with E-state index in [1.54, 1.807) is 19.2 Å². The van der Waals surface area contributed by atoms with E-state index in [0.29, 0.717) is 10.8 Å². The van der Waals surface area contributed by atoms with E-state index in [0.717, 1.165) is 0 Å². The summed E-state index contributed by atoms with van der Waals surface area (Å²) in [4.78, 5) is 10.9. The highest BCUT2D eigenvalue weighted by Crippen LogP contribution is 2.30. The van der Waals surface area contributed by atoms with Crippen molar-refractivity contribution in [3.05, 3.63) is 39.2 Å². The van der Waals surface area contributed by atoms with Crippen LogP contribution in [0.5, 0.6) is 0 Å². The highest BCUT2D eigenvalue weighted by atomic mass is 79.9. The molecule has 2 aromatic rings. The van der Waals surface area contributed by atoms with Gasteiger partial charge < -0.3 is 0 Å². The molecule has 0 amide bonds. The topological polar surface area (TPSA) is 34.9 Å². The quantitative estimate of drug-likeness (QED) is 0.795. The lowest BCUT2D eigenvalue weighted by Gasteiger charge is -2.00. The molecule has 0 fully saturated rings. The third-order valence-electron chi connectivity index (χ3n) is 2.32. The largest absolute Gasteiger partial charge is 0.298 e. The molecule has 0 saturated heterocycles. The van der Waals surface area contributed by atoms with Crippen LogP contribution >= 0.6 is 27.5 Å². The number of benzene rings is 1. The molecule has 2 rings (SSSR count). The first-order chi connectivity index (χ1) is 8.04. The monoisotopic (exact) mass is 316 g/mol. The van der Waals surface area contributed by atoms with Crippen molar-refractivity contribution in [1.29, 1.82) is 0 Å². The van der Waals surface area contributed by atoms with Crippen LogP contribution in [0.25, 0.3) is 11.3 Å². The Hall–Kier alpha value is -1.20. The SMILES string of the molecule is Cn1nc(-c2ccc(Br)cc2F)c(C=O)c1Cl. The Balaban J connectivity index is 2.68. The average molecular weight is 318 g/mol. The summed E-state index contributed by atoms with van der Waals surface area (Å²) in [5, 5.41) is 4.23. The Morgan fingerprint density at radius 1 is 1.53 bits per heavy atom. The molecule has 17 heavy (non-hydrogen) atoms. The highest BCUT2D eigenvalue weighted by Gasteiger charge is 2.18. The van der Waals surface area contributed by atoms with Crippen LogP contribution in [0, 0.1) is 5.82 Å². The van der Waals surface area contributed by atoms with E-state index in [1.165, 1.54) is 10.7 Å². The molecule has 0 aliphatic carbocycles. The number of rotatable bonds is 2. The van der Waals surface area contributed by atoms with Gasteiger partial charge in [0.2, 0.25) is 0 Å².